The maximum Gasteiger partial charge on any atom is 0.242 e. The van der Waals surface area contributed by atoms with Crippen molar-refractivity contribution in [1.29, 1.82) is 0 Å². The largest absolute Gasteiger partial charge is 0.339 e. The van der Waals surface area contributed by atoms with Gasteiger partial charge >= 0.3 is 0 Å². The third-order valence-corrected chi connectivity index (χ3v) is 7.48. The van der Waals surface area contributed by atoms with Gasteiger partial charge in [-0.3, -0.25) is 9.69 Å². The van der Waals surface area contributed by atoms with E-state index in [1.165, 1.54) is 10.9 Å². The number of piperazine rings is 1. The van der Waals surface area contributed by atoms with Gasteiger partial charge in [0.2, 0.25) is 5.91 Å². The summed E-state index contributed by atoms with van der Waals surface area (Å²) in [5.41, 5.74) is 2.31. The number of nitrogens with zero attached hydrogens (tertiary/aromatic N) is 3. The average Bonchev–Trinajstić information content (AvgIpc) is 3.19. The molecule has 1 aromatic heterocycles. The van der Waals surface area contributed by atoms with Crippen LogP contribution >= 0.6 is 0 Å². The van der Waals surface area contributed by atoms with Crippen LogP contribution in [-0.2, 0) is 21.2 Å². The number of carbonyl (C=O) groups excluding carboxylic acids is 1. The highest BCUT2D eigenvalue weighted by atomic mass is 32.2. The normalized spacial score (nSPS) is 23.6. The topological polar surface area (TPSA) is 62.6 Å². The zero-order chi connectivity index (χ0) is 18.3. The quantitative estimate of drug-likeness (QED) is 0.811. The molecule has 1 aromatic carbocycles. The fourth-order valence-corrected chi connectivity index (χ4v) is 5.92. The number of aromatic nitrogens is 1. The van der Waals surface area contributed by atoms with Crippen LogP contribution in [0.4, 0.5) is 0 Å². The zero-order valence-electron chi connectivity index (χ0n) is 15.1. The van der Waals surface area contributed by atoms with Crippen LogP contribution in [0.25, 0.3) is 10.9 Å². The molecule has 6 nitrogen and oxygen atoms in total. The standard InChI is InChI=1S/C19H25N3O3S/c1-15-3-2-4-18-17(15)5-7-22(18)13-19(23)21-10-8-20(9-11-21)16-6-12-26(24,25)14-16/h2-5,7,16H,6,8-14H2,1H3/t16-/m1/s1. The highest BCUT2D eigenvalue weighted by Gasteiger charge is 2.34. The van der Waals surface area contributed by atoms with Crippen molar-refractivity contribution < 1.29 is 13.2 Å². The molecule has 2 aromatic rings. The van der Waals surface area contributed by atoms with Crippen molar-refractivity contribution in [3.63, 3.8) is 0 Å². The Morgan fingerprint density at radius 1 is 1.15 bits per heavy atom. The molecule has 26 heavy (non-hydrogen) atoms. The van der Waals surface area contributed by atoms with E-state index in [2.05, 4.69) is 24.0 Å². The van der Waals surface area contributed by atoms with Gasteiger partial charge in [-0.25, -0.2) is 8.42 Å². The molecule has 0 aliphatic carbocycles. The monoisotopic (exact) mass is 375 g/mol. The van der Waals surface area contributed by atoms with Gasteiger partial charge in [0.15, 0.2) is 9.84 Å². The molecule has 0 radical (unpaired) electrons. The summed E-state index contributed by atoms with van der Waals surface area (Å²) in [6.45, 7) is 5.30. The molecule has 2 saturated heterocycles. The maximum absolute atomic E-state index is 12.7. The molecule has 0 saturated carbocycles. The smallest absolute Gasteiger partial charge is 0.242 e. The van der Waals surface area contributed by atoms with Crippen molar-refractivity contribution in [3.05, 3.63) is 36.0 Å². The lowest BCUT2D eigenvalue weighted by Gasteiger charge is -2.37. The Kier molecular flexibility index (Phi) is 4.52. The van der Waals surface area contributed by atoms with Crippen LogP contribution in [-0.4, -0.2) is 72.4 Å². The van der Waals surface area contributed by atoms with Crippen LogP contribution in [0, 0.1) is 6.92 Å². The number of fused-ring (bicyclic) bond motifs is 1. The minimum atomic E-state index is -2.86. The molecule has 0 bridgehead atoms. The van der Waals surface area contributed by atoms with Crippen LogP contribution < -0.4 is 0 Å². The van der Waals surface area contributed by atoms with E-state index in [-0.39, 0.29) is 17.7 Å². The number of benzene rings is 1. The Morgan fingerprint density at radius 3 is 2.62 bits per heavy atom. The molecule has 0 spiro atoms. The summed E-state index contributed by atoms with van der Waals surface area (Å²) < 4.78 is 25.4. The number of amides is 1. The fraction of sp³-hybridized carbons (Fsp3) is 0.526. The van der Waals surface area contributed by atoms with E-state index >= 15 is 0 Å². The molecule has 2 aliphatic rings. The van der Waals surface area contributed by atoms with Crippen molar-refractivity contribution in [1.82, 2.24) is 14.4 Å². The highest BCUT2D eigenvalue weighted by Crippen LogP contribution is 2.21. The highest BCUT2D eigenvalue weighted by molar-refractivity contribution is 7.91. The summed E-state index contributed by atoms with van der Waals surface area (Å²) in [5, 5.41) is 1.19. The summed E-state index contributed by atoms with van der Waals surface area (Å²) in [5.74, 6) is 0.703. The van der Waals surface area contributed by atoms with Crippen molar-refractivity contribution in [3.8, 4) is 0 Å². The van der Waals surface area contributed by atoms with E-state index in [9.17, 15) is 13.2 Å². The van der Waals surface area contributed by atoms with Gasteiger partial charge in [0.05, 0.1) is 11.5 Å². The maximum atomic E-state index is 12.7. The Balaban J connectivity index is 1.37. The number of sulfone groups is 1. The van der Waals surface area contributed by atoms with Crippen molar-refractivity contribution in [2.75, 3.05) is 37.7 Å². The Morgan fingerprint density at radius 2 is 1.92 bits per heavy atom. The molecule has 0 N–H and O–H groups in total. The first-order valence-corrected chi connectivity index (χ1v) is 11.0. The molecule has 2 fully saturated rings. The van der Waals surface area contributed by atoms with Crippen LogP contribution in [0.5, 0.6) is 0 Å². The summed E-state index contributed by atoms with van der Waals surface area (Å²) in [6, 6.07) is 8.35. The van der Waals surface area contributed by atoms with Gasteiger partial charge in [0.25, 0.3) is 0 Å². The van der Waals surface area contributed by atoms with E-state index in [1.807, 2.05) is 27.8 Å². The molecular weight excluding hydrogens is 350 g/mol. The molecule has 2 aliphatic heterocycles. The van der Waals surface area contributed by atoms with Crippen LogP contribution in [0.1, 0.15) is 12.0 Å². The van der Waals surface area contributed by atoms with Crippen molar-refractivity contribution in [2.24, 2.45) is 0 Å². The second-order valence-corrected chi connectivity index (χ2v) is 9.65. The number of hydrogen-bond donors (Lipinski definition) is 0. The van der Waals surface area contributed by atoms with E-state index in [0.717, 1.165) is 25.0 Å². The van der Waals surface area contributed by atoms with E-state index in [0.29, 0.717) is 25.4 Å². The van der Waals surface area contributed by atoms with Gasteiger partial charge in [-0.1, -0.05) is 12.1 Å². The molecule has 1 amide bonds. The predicted molar refractivity (Wildman–Crippen MR) is 102 cm³/mol. The lowest BCUT2D eigenvalue weighted by molar-refractivity contribution is -0.133. The molecule has 3 heterocycles. The van der Waals surface area contributed by atoms with E-state index in [4.69, 9.17) is 0 Å². The fourth-order valence-electron chi connectivity index (χ4n) is 4.16. The summed E-state index contributed by atoms with van der Waals surface area (Å²) >= 11 is 0. The first-order chi connectivity index (χ1) is 12.4. The van der Waals surface area contributed by atoms with Gasteiger partial charge in [0.1, 0.15) is 6.54 Å². The summed E-state index contributed by atoms with van der Waals surface area (Å²) in [7, 11) is -2.86. The number of aryl methyl sites for hydroxylation is 1. The molecule has 4 rings (SSSR count). The first-order valence-electron chi connectivity index (χ1n) is 9.20. The second-order valence-electron chi connectivity index (χ2n) is 7.42. The number of carbonyl (C=O) groups is 1. The molecule has 1 atom stereocenters. The SMILES string of the molecule is Cc1cccc2c1ccn2CC(=O)N1CCN([C@@H]2CCS(=O)(=O)C2)CC1. The second kappa shape index (κ2) is 6.70. The molecule has 140 valence electrons. The number of hydrogen-bond acceptors (Lipinski definition) is 4. The molecule has 7 heteroatoms. The van der Waals surface area contributed by atoms with E-state index < -0.39 is 9.84 Å². The third-order valence-electron chi connectivity index (χ3n) is 5.73. The summed E-state index contributed by atoms with van der Waals surface area (Å²) in [4.78, 5) is 16.9. The predicted octanol–water partition coefficient (Wildman–Crippen LogP) is 1.28. The van der Waals surface area contributed by atoms with Crippen LogP contribution in [0.15, 0.2) is 30.5 Å². The average molecular weight is 375 g/mol. The van der Waals surface area contributed by atoms with Crippen molar-refractivity contribution >= 4 is 26.6 Å². The minimum Gasteiger partial charge on any atom is -0.339 e. The summed E-state index contributed by atoms with van der Waals surface area (Å²) in [6.07, 6.45) is 2.71. The van der Waals surface area contributed by atoms with Gasteiger partial charge in [0, 0.05) is 49.3 Å². The number of rotatable bonds is 3. The van der Waals surface area contributed by atoms with Crippen molar-refractivity contribution in [2.45, 2.75) is 25.9 Å². The van der Waals surface area contributed by atoms with Gasteiger partial charge in [-0.15, -0.1) is 0 Å². The van der Waals surface area contributed by atoms with Crippen LogP contribution in [0.3, 0.4) is 0 Å². The third kappa shape index (κ3) is 3.38. The van der Waals surface area contributed by atoms with E-state index in [1.54, 1.807) is 0 Å². The first kappa shape index (κ1) is 17.5. The van der Waals surface area contributed by atoms with Gasteiger partial charge in [-0.2, -0.15) is 0 Å². The Hall–Kier alpha value is -1.86. The Labute approximate surface area is 154 Å². The lowest BCUT2D eigenvalue weighted by atomic mass is 10.1. The zero-order valence-corrected chi connectivity index (χ0v) is 15.9. The molecular formula is C19H25N3O3S. The van der Waals surface area contributed by atoms with Gasteiger partial charge in [-0.05, 0) is 31.0 Å². The van der Waals surface area contributed by atoms with Gasteiger partial charge < -0.3 is 9.47 Å². The Bertz CT molecular complexity index is 927. The molecule has 0 unspecified atom stereocenters. The van der Waals surface area contributed by atoms with Crippen LogP contribution in [0.2, 0.25) is 0 Å². The lowest BCUT2D eigenvalue weighted by Crippen LogP contribution is -2.52. The minimum absolute atomic E-state index is 0.127.